The molecule has 4 heteroatoms. The fraction of sp³-hybridized carbons (Fsp3) is 0.400. The van der Waals surface area contributed by atoms with Gasteiger partial charge in [0.25, 0.3) is 0 Å². The summed E-state index contributed by atoms with van der Waals surface area (Å²) in [5.41, 5.74) is 0.819. The highest BCUT2D eigenvalue weighted by atomic mass is 16.2. The van der Waals surface area contributed by atoms with Crippen molar-refractivity contribution in [2.45, 2.75) is 6.92 Å². The highest BCUT2D eigenvalue weighted by molar-refractivity contribution is 5.78. The summed E-state index contributed by atoms with van der Waals surface area (Å²) in [6.07, 6.45) is 1.80. The molecule has 1 saturated heterocycles. The molecule has 1 rings (SSSR count). The molecule has 0 radical (unpaired) electrons. The summed E-state index contributed by atoms with van der Waals surface area (Å²) in [4.78, 5) is 10.6. The van der Waals surface area contributed by atoms with E-state index in [9.17, 15) is 4.79 Å². The molecule has 3 N–H and O–H groups in total. The molecule has 0 saturated carbocycles. The molecule has 4 nitrogen and oxygen atoms in total. The van der Waals surface area contributed by atoms with Crippen LogP contribution in [0.2, 0.25) is 0 Å². The second-order valence-electron chi connectivity index (χ2n) is 1.81. The Bertz CT molecular complexity index is 164. The molecule has 0 aliphatic carbocycles. The quantitative estimate of drug-likeness (QED) is 0.349. The van der Waals surface area contributed by atoms with Crippen LogP contribution in [0.3, 0.4) is 0 Å². The zero-order chi connectivity index (χ0) is 6.85. The fourth-order valence-electron chi connectivity index (χ4n) is 0.708. The van der Waals surface area contributed by atoms with E-state index in [0.29, 0.717) is 6.54 Å². The lowest BCUT2D eigenvalue weighted by Crippen LogP contribution is -2.33. The van der Waals surface area contributed by atoms with Crippen molar-refractivity contribution in [1.82, 2.24) is 10.3 Å². The number of carbonyl (C=O) groups excluding carboxylic acids is 1. The zero-order valence-corrected chi connectivity index (χ0v) is 5.22. The highest BCUT2D eigenvalue weighted by Gasteiger charge is 2.20. The van der Waals surface area contributed by atoms with Crippen LogP contribution in [-0.2, 0) is 0 Å². The molecule has 2 amide bonds. The van der Waals surface area contributed by atoms with E-state index in [4.69, 9.17) is 5.84 Å². The van der Waals surface area contributed by atoms with Crippen molar-refractivity contribution in [2.75, 3.05) is 6.54 Å². The summed E-state index contributed by atoms with van der Waals surface area (Å²) in [7, 11) is 0. The third-order valence-electron chi connectivity index (χ3n) is 1.28. The topological polar surface area (TPSA) is 58.4 Å². The summed E-state index contributed by atoms with van der Waals surface area (Å²) in [6, 6.07) is -0.233. The number of urea groups is 1. The average Bonchev–Trinajstić information content (AvgIpc) is 2.15. The molecule has 50 valence electrons. The van der Waals surface area contributed by atoms with E-state index >= 15 is 0 Å². The number of nitrogens with zero attached hydrogens (tertiary/aromatic N) is 1. The van der Waals surface area contributed by atoms with Gasteiger partial charge in [0.1, 0.15) is 0 Å². The van der Waals surface area contributed by atoms with E-state index in [1.54, 1.807) is 6.08 Å². The minimum absolute atomic E-state index is 0.233. The third-order valence-corrected chi connectivity index (χ3v) is 1.28. The molecule has 0 atom stereocenters. The standard InChI is InChI=1S/C5H9N3O/c1-2-4-3-7-5(9)8(4)6/h2H,3,6H2,1H3,(H,7,9). The van der Waals surface area contributed by atoms with Crippen LogP contribution in [0.25, 0.3) is 0 Å². The summed E-state index contributed by atoms with van der Waals surface area (Å²) in [5, 5.41) is 3.68. The predicted octanol–water partition coefficient (Wildman–Crippen LogP) is -0.211. The predicted molar refractivity (Wildman–Crippen MR) is 33.2 cm³/mol. The Balaban J connectivity index is 2.73. The molecule has 0 spiro atoms. The normalized spacial score (nSPS) is 23.1. The molecule has 1 heterocycles. The lowest BCUT2D eigenvalue weighted by Gasteiger charge is -2.05. The van der Waals surface area contributed by atoms with Gasteiger partial charge in [-0.1, -0.05) is 6.08 Å². The fourth-order valence-corrected chi connectivity index (χ4v) is 0.708. The molecule has 0 aromatic rings. The van der Waals surface area contributed by atoms with Crippen LogP contribution < -0.4 is 11.2 Å². The number of amides is 2. The van der Waals surface area contributed by atoms with Crippen molar-refractivity contribution < 1.29 is 4.79 Å². The van der Waals surface area contributed by atoms with Gasteiger partial charge in [-0.05, 0) is 6.92 Å². The Morgan fingerprint density at radius 2 is 2.56 bits per heavy atom. The van der Waals surface area contributed by atoms with Gasteiger partial charge in [0.2, 0.25) is 0 Å². The number of carbonyl (C=O) groups is 1. The second-order valence-corrected chi connectivity index (χ2v) is 1.81. The highest BCUT2D eigenvalue weighted by Crippen LogP contribution is 2.03. The maximum absolute atomic E-state index is 10.6. The first kappa shape index (κ1) is 6.10. The Labute approximate surface area is 53.3 Å². The van der Waals surface area contributed by atoms with E-state index in [2.05, 4.69) is 5.32 Å². The van der Waals surface area contributed by atoms with Crippen LogP contribution >= 0.6 is 0 Å². The largest absolute Gasteiger partial charge is 0.336 e. The zero-order valence-electron chi connectivity index (χ0n) is 5.22. The average molecular weight is 127 g/mol. The summed E-state index contributed by atoms with van der Waals surface area (Å²) in [6.45, 7) is 2.39. The smallest absolute Gasteiger partial charge is 0.331 e. The Morgan fingerprint density at radius 1 is 1.89 bits per heavy atom. The van der Waals surface area contributed by atoms with Crippen LogP contribution in [0.5, 0.6) is 0 Å². The van der Waals surface area contributed by atoms with E-state index in [-0.39, 0.29) is 6.03 Å². The molecular weight excluding hydrogens is 118 g/mol. The summed E-state index contributed by atoms with van der Waals surface area (Å²) >= 11 is 0. The number of allylic oxidation sites excluding steroid dienone is 1. The summed E-state index contributed by atoms with van der Waals surface area (Å²) < 4.78 is 0. The van der Waals surface area contributed by atoms with E-state index in [1.807, 2.05) is 6.92 Å². The van der Waals surface area contributed by atoms with Gasteiger partial charge in [-0.25, -0.2) is 15.6 Å². The molecule has 9 heavy (non-hydrogen) atoms. The van der Waals surface area contributed by atoms with Gasteiger partial charge in [-0.3, -0.25) is 0 Å². The van der Waals surface area contributed by atoms with Gasteiger partial charge in [-0.15, -0.1) is 0 Å². The lowest BCUT2D eigenvalue weighted by atomic mass is 10.4. The molecule has 0 unspecified atom stereocenters. The van der Waals surface area contributed by atoms with Crippen molar-refractivity contribution in [3.05, 3.63) is 11.8 Å². The molecular formula is C5H9N3O. The molecule has 0 bridgehead atoms. The van der Waals surface area contributed by atoms with Gasteiger partial charge in [-0.2, -0.15) is 0 Å². The second kappa shape index (κ2) is 2.06. The van der Waals surface area contributed by atoms with Crippen LogP contribution in [0, 0.1) is 0 Å². The van der Waals surface area contributed by atoms with Crippen LogP contribution in [0.4, 0.5) is 4.79 Å². The Morgan fingerprint density at radius 3 is 2.78 bits per heavy atom. The minimum Gasteiger partial charge on any atom is -0.331 e. The van der Waals surface area contributed by atoms with E-state index in [0.717, 1.165) is 10.7 Å². The van der Waals surface area contributed by atoms with E-state index in [1.165, 1.54) is 0 Å². The maximum atomic E-state index is 10.6. The van der Waals surface area contributed by atoms with Crippen molar-refractivity contribution in [2.24, 2.45) is 5.84 Å². The number of hydrogen-bond donors (Lipinski definition) is 2. The molecule has 1 fully saturated rings. The maximum Gasteiger partial charge on any atom is 0.336 e. The summed E-state index contributed by atoms with van der Waals surface area (Å²) in [5.74, 6) is 5.29. The number of nitrogens with one attached hydrogen (secondary N) is 1. The molecule has 1 aliphatic rings. The SMILES string of the molecule is CC=C1CNC(=O)N1N. The molecule has 1 aliphatic heterocycles. The van der Waals surface area contributed by atoms with Gasteiger partial charge >= 0.3 is 6.03 Å². The first-order valence-corrected chi connectivity index (χ1v) is 2.73. The molecule has 0 aromatic carbocycles. The van der Waals surface area contributed by atoms with Crippen molar-refractivity contribution in [3.8, 4) is 0 Å². The lowest BCUT2D eigenvalue weighted by molar-refractivity contribution is 0.224. The van der Waals surface area contributed by atoms with Crippen LogP contribution in [0.15, 0.2) is 11.8 Å². The number of hydrazine groups is 1. The first-order valence-electron chi connectivity index (χ1n) is 2.73. The van der Waals surface area contributed by atoms with Gasteiger partial charge in [0, 0.05) is 0 Å². The minimum atomic E-state index is -0.233. The van der Waals surface area contributed by atoms with Crippen molar-refractivity contribution in [3.63, 3.8) is 0 Å². The van der Waals surface area contributed by atoms with Crippen LogP contribution in [-0.4, -0.2) is 17.6 Å². The Kier molecular flexibility index (Phi) is 1.40. The van der Waals surface area contributed by atoms with Crippen LogP contribution in [0.1, 0.15) is 6.92 Å². The van der Waals surface area contributed by atoms with Gasteiger partial charge in [0.05, 0.1) is 12.2 Å². The molecule has 0 aromatic heterocycles. The number of rotatable bonds is 0. The third kappa shape index (κ3) is 0.882. The van der Waals surface area contributed by atoms with Crippen molar-refractivity contribution >= 4 is 6.03 Å². The first-order chi connectivity index (χ1) is 4.25. The van der Waals surface area contributed by atoms with Gasteiger partial charge in [0.15, 0.2) is 0 Å². The Hall–Kier alpha value is -1.03. The van der Waals surface area contributed by atoms with Crippen molar-refractivity contribution in [1.29, 1.82) is 0 Å². The number of nitrogens with two attached hydrogens (primary N) is 1. The van der Waals surface area contributed by atoms with E-state index < -0.39 is 0 Å². The van der Waals surface area contributed by atoms with Gasteiger partial charge < -0.3 is 5.32 Å². The number of hydrogen-bond acceptors (Lipinski definition) is 2. The monoisotopic (exact) mass is 127 g/mol.